The number of allylic oxidation sites excluding steroid dienone is 2. The number of ether oxygens (including phenoxy) is 2. The maximum atomic E-state index is 13.5. The molecular formula is C12H14F2O2. The molecular weight excluding hydrogens is 214 g/mol. The lowest BCUT2D eigenvalue weighted by Gasteiger charge is -2.28. The first kappa shape index (κ1) is 11.5. The fraction of sp³-hybridized carbons (Fsp3) is 0.500. The van der Waals surface area contributed by atoms with Gasteiger partial charge < -0.3 is 9.47 Å². The van der Waals surface area contributed by atoms with Crippen molar-refractivity contribution in [2.75, 3.05) is 13.2 Å². The van der Waals surface area contributed by atoms with Gasteiger partial charge in [-0.1, -0.05) is 6.58 Å². The van der Waals surface area contributed by atoms with Gasteiger partial charge in [0.25, 0.3) is 0 Å². The number of rotatable bonds is 2. The second-order valence-electron chi connectivity index (χ2n) is 3.96. The molecule has 0 aromatic carbocycles. The average Bonchev–Trinajstić information content (AvgIpc) is 2.25. The Labute approximate surface area is 93.2 Å². The molecule has 1 fully saturated rings. The lowest BCUT2D eigenvalue weighted by molar-refractivity contribution is -0.0508. The average molecular weight is 228 g/mol. The van der Waals surface area contributed by atoms with E-state index in [0.717, 1.165) is 18.9 Å². The van der Waals surface area contributed by atoms with Crippen molar-refractivity contribution in [1.29, 1.82) is 0 Å². The van der Waals surface area contributed by atoms with E-state index in [1.54, 1.807) is 0 Å². The van der Waals surface area contributed by atoms with Gasteiger partial charge in [-0.25, -0.2) is 8.78 Å². The molecule has 1 atom stereocenters. The first-order valence-electron chi connectivity index (χ1n) is 5.33. The predicted molar refractivity (Wildman–Crippen MR) is 56.2 cm³/mol. The van der Waals surface area contributed by atoms with E-state index >= 15 is 0 Å². The van der Waals surface area contributed by atoms with Crippen LogP contribution in [-0.4, -0.2) is 25.4 Å². The van der Waals surface area contributed by atoms with E-state index in [1.807, 2.05) is 0 Å². The molecule has 0 radical (unpaired) electrons. The van der Waals surface area contributed by atoms with Crippen LogP contribution in [-0.2, 0) is 9.47 Å². The van der Waals surface area contributed by atoms with Gasteiger partial charge in [-0.05, 0) is 24.5 Å². The third-order valence-electron chi connectivity index (χ3n) is 2.68. The molecule has 2 rings (SSSR count). The molecule has 1 aliphatic carbocycles. The van der Waals surface area contributed by atoms with Crippen molar-refractivity contribution in [2.24, 2.45) is 0 Å². The van der Waals surface area contributed by atoms with E-state index in [9.17, 15) is 8.78 Å². The van der Waals surface area contributed by atoms with E-state index in [0.29, 0.717) is 18.8 Å². The van der Waals surface area contributed by atoms with Crippen molar-refractivity contribution in [3.05, 3.63) is 36.0 Å². The Hall–Kier alpha value is -1.00. The molecule has 2 nitrogen and oxygen atoms in total. The standard InChI is InChI=1S/C12H14F2O2/c1-8-6-9(13)7-11(14)12(8)16-10-2-4-15-5-3-10/h6-7,10,12H,1-5H2. The van der Waals surface area contributed by atoms with Crippen LogP contribution in [0.3, 0.4) is 0 Å². The Kier molecular flexibility index (Phi) is 3.51. The fourth-order valence-electron chi connectivity index (χ4n) is 1.84. The molecule has 16 heavy (non-hydrogen) atoms. The molecule has 0 amide bonds. The smallest absolute Gasteiger partial charge is 0.136 e. The van der Waals surface area contributed by atoms with Crippen LogP contribution in [0.1, 0.15) is 12.8 Å². The molecule has 0 spiro atoms. The molecule has 0 N–H and O–H groups in total. The summed E-state index contributed by atoms with van der Waals surface area (Å²) in [5.41, 5.74) is 0.323. The minimum absolute atomic E-state index is 0.0378. The van der Waals surface area contributed by atoms with Crippen LogP contribution in [0.15, 0.2) is 36.0 Å². The van der Waals surface area contributed by atoms with Crippen LogP contribution in [0.2, 0.25) is 0 Å². The Balaban J connectivity index is 1.99. The summed E-state index contributed by atoms with van der Waals surface area (Å²) in [5, 5.41) is 0. The summed E-state index contributed by atoms with van der Waals surface area (Å²) in [6.45, 7) is 4.86. The van der Waals surface area contributed by atoms with Crippen molar-refractivity contribution >= 4 is 0 Å². The summed E-state index contributed by atoms with van der Waals surface area (Å²) in [6, 6.07) is 0. The normalized spacial score (nSPS) is 27.6. The Bertz CT molecular complexity index is 341. The first-order valence-corrected chi connectivity index (χ1v) is 5.33. The molecule has 1 heterocycles. The Morgan fingerprint density at radius 2 is 1.94 bits per heavy atom. The van der Waals surface area contributed by atoms with Crippen LogP contribution < -0.4 is 0 Å². The highest BCUT2D eigenvalue weighted by Gasteiger charge is 2.26. The SMILES string of the molecule is C=C1C=C(F)C=C(F)C1OC1CCOCC1. The van der Waals surface area contributed by atoms with Crippen molar-refractivity contribution in [2.45, 2.75) is 25.0 Å². The molecule has 0 bridgehead atoms. The van der Waals surface area contributed by atoms with Crippen molar-refractivity contribution in [3.8, 4) is 0 Å². The van der Waals surface area contributed by atoms with Crippen LogP contribution in [0.5, 0.6) is 0 Å². The molecule has 1 unspecified atom stereocenters. The second-order valence-corrected chi connectivity index (χ2v) is 3.96. The third kappa shape index (κ3) is 2.57. The predicted octanol–water partition coefficient (Wildman–Crippen LogP) is 2.83. The van der Waals surface area contributed by atoms with E-state index in [2.05, 4.69) is 6.58 Å². The molecule has 0 aromatic rings. The third-order valence-corrected chi connectivity index (χ3v) is 2.68. The summed E-state index contributed by atoms with van der Waals surface area (Å²) in [5.74, 6) is -1.23. The number of halogens is 2. The van der Waals surface area contributed by atoms with E-state index in [4.69, 9.17) is 9.47 Å². The quantitative estimate of drug-likeness (QED) is 0.723. The Morgan fingerprint density at radius 3 is 2.56 bits per heavy atom. The van der Waals surface area contributed by atoms with Crippen LogP contribution >= 0.6 is 0 Å². The van der Waals surface area contributed by atoms with Gasteiger partial charge in [0.2, 0.25) is 0 Å². The summed E-state index contributed by atoms with van der Waals surface area (Å²) < 4.78 is 37.1. The lowest BCUT2D eigenvalue weighted by Crippen LogP contribution is -2.30. The van der Waals surface area contributed by atoms with Gasteiger partial charge in [-0.2, -0.15) is 0 Å². The number of hydrogen-bond donors (Lipinski definition) is 0. The van der Waals surface area contributed by atoms with Crippen molar-refractivity contribution in [3.63, 3.8) is 0 Å². The van der Waals surface area contributed by atoms with Gasteiger partial charge >= 0.3 is 0 Å². The van der Waals surface area contributed by atoms with Crippen LogP contribution in [0.25, 0.3) is 0 Å². The molecule has 1 aliphatic heterocycles. The van der Waals surface area contributed by atoms with Crippen molar-refractivity contribution in [1.82, 2.24) is 0 Å². The van der Waals surface area contributed by atoms with Gasteiger partial charge in [-0.15, -0.1) is 0 Å². The zero-order valence-electron chi connectivity index (χ0n) is 8.92. The van der Waals surface area contributed by atoms with Gasteiger partial charge in [-0.3, -0.25) is 0 Å². The monoisotopic (exact) mass is 228 g/mol. The largest absolute Gasteiger partial charge is 0.381 e. The highest BCUT2D eigenvalue weighted by atomic mass is 19.1. The lowest BCUT2D eigenvalue weighted by atomic mass is 10.0. The Morgan fingerprint density at radius 1 is 1.25 bits per heavy atom. The summed E-state index contributed by atoms with van der Waals surface area (Å²) in [6.07, 6.45) is 2.66. The molecule has 0 aromatic heterocycles. The molecule has 1 saturated heterocycles. The molecule has 0 saturated carbocycles. The van der Waals surface area contributed by atoms with E-state index < -0.39 is 17.8 Å². The minimum Gasteiger partial charge on any atom is -0.381 e. The van der Waals surface area contributed by atoms with Crippen LogP contribution in [0, 0.1) is 0 Å². The summed E-state index contributed by atoms with van der Waals surface area (Å²) >= 11 is 0. The zero-order chi connectivity index (χ0) is 11.5. The maximum absolute atomic E-state index is 13.5. The van der Waals surface area contributed by atoms with Gasteiger partial charge in [0.1, 0.15) is 17.8 Å². The zero-order valence-corrected chi connectivity index (χ0v) is 8.92. The van der Waals surface area contributed by atoms with Gasteiger partial charge in [0.15, 0.2) is 0 Å². The van der Waals surface area contributed by atoms with Gasteiger partial charge in [0.05, 0.1) is 6.10 Å². The second kappa shape index (κ2) is 4.89. The summed E-state index contributed by atoms with van der Waals surface area (Å²) in [4.78, 5) is 0. The first-order chi connectivity index (χ1) is 7.66. The fourth-order valence-corrected chi connectivity index (χ4v) is 1.84. The minimum atomic E-state index is -0.831. The molecule has 4 heteroatoms. The van der Waals surface area contributed by atoms with Gasteiger partial charge in [0, 0.05) is 19.3 Å². The highest BCUT2D eigenvalue weighted by molar-refractivity contribution is 5.38. The number of hydrogen-bond acceptors (Lipinski definition) is 2. The molecule has 88 valence electrons. The van der Waals surface area contributed by atoms with E-state index in [1.165, 1.54) is 6.08 Å². The van der Waals surface area contributed by atoms with Crippen LogP contribution in [0.4, 0.5) is 8.78 Å². The maximum Gasteiger partial charge on any atom is 0.136 e. The van der Waals surface area contributed by atoms with Crippen molar-refractivity contribution < 1.29 is 18.3 Å². The molecule has 2 aliphatic rings. The topological polar surface area (TPSA) is 18.5 Å². The van der Waals surface area contributed by atoms with E-state index in [-0.39, 0.29) is 6.10 Å². The summed E-state index contributed by atoms with van der Waals surface area (Å²) in [7, 11) is 0. The highest BCUT2D eigenvalue weighted by Crippen LogP contribution is 2.28.